The van der Waals surface area contributed by atoms with Crippen molar-refractivity contribution in [3.63, 3.8) is 0 Å². The van der Waals surface area contributed by atoms with Crippen molar-refractivity contribution in [2.75, 3.05) is 44.4 Å². The summed E-state index contributed by atoms with van der Waals surface area (Å²) in [5.74, 6) is 0. The Kier molecular flexibility index (Phi) is 4.29. The first-order valence-corrected chi connectivity index (χ1v) is 7.41. The number of piperazine rings is 1. The van der Waals surface area contributed by atoms with Crippen LogP contribution in [0.15, 0.2) is 18.3 Å². The van der Waals surface area contributed by atoms with E-state index in [4.69, 9.17) is 0 Å². The second-order valence-electron chi connectivity index (χ2n) is 4.61. The number of hydrogen-bond acceptors (Lipinski definition) is 4. The van der Waals surface area contributed by atoms with E-state index in [0.29, 0.717) is 5.25 Å². The van der Waals surface area contributed by atoms with E-state index in [1.807, 2.05) is 18.0 Å². The highest BCUT2D eigenvalue weighted by molar-refractivity contribution is 7.98. The van der Waals surface area contributed by atoms with Gasteiger partial charge < -0.3 is 9.80 Å². The summed E-state index contributed by atoms with van der Waals surface area (Å²) in [6.45, 7) is 6.69. The monoisotopic (exact) mass is 251 g/mol. The third-order valence-electron chi connectivity index (χ3n) is 3.41. The Balaban J connectivity index is 2.02. The van der Waals surface area contributed by atoms with Gasteiger partial charge in [0.15, 0.2) is 0 Å². The fourth-order valence-electron chi connectivity index (χ4n) is 2.01. The summed E-state index contributed by atoms with van der Waals surface area (Å²) >= 11 is 1.84. The van der Waals surface area contributed by atoms with Crippen LogP contribution >= 0.6 is 11.8 Å². The predicted octanol–water partition coefficient (Wildman–Crippen LogP) is 2.26. The molecule has 1 aromatic rings. The van der Waals surface area contributed by atoms with E-state index in [-0.39, 0.29) is 0 Å². The lowest BCUT2D eigenvalue weighted by molar-refractivity contribution is 0.313. The Bertz CT molecular complexity index is 344. The standard InChI is InChI=1S/C13H21N3S/c1-11(17-3)13-5-4-12(10-14-13)16-8-6-15(2)7-9-16/h4-5,10-11H,6-9H2,1-3H3. The maximum absolute atomic E-state index is 4.57. The first kappa shape index (κ1) is 12.7. The van der Waals surface area contributed by atoms with Crippen LogP contribution in [-0.4, -0.2) is 49.4 Å². The van der Waals surface area contributed by atoms with Crippen molar-refractivity contribution in [3.8, 4) is 0 Å². The summed E-state index contributed by atoms with van der Waals surface area (Å²) in [7, 11) is 2.18. The van der Waals surface area contributed by atoms with Crippen molar-refractivity contribution < 1.29 is 0 Å². The van der Waals surface area contributed by atoms with Crippen molar-refractivity contribution in [1.82, 2.24) is 9.88 Å². The average Bonchev–Trinajstić information content (AvgIpc) is 2.39. The van der Waals surface area contributed by atoms with Crippen molar-refractivity contribution >= 4 is 17.4 Å². The van der Waals surface area contributed by atoms with E-state index in [2.05, 4.69) is 47.1 Å². The molecule has 2 rings (SSSR count). The van der Waals surface area contributed by atoms with Gasteiger partial charge in [-0.1, -0.05) is 0 Å². The highest BCUT2D eigenvalue weighted by Crippen LogP contribution is 2.25. The van der Waals surface area contributed by atoms with Gasteiger partial charge in [0.25, 0.3) is 0 Å². The first-order valence-electron chi connectivity index (χ1n) is 6.13. The Morgan fingerprint density at radius 2 is 1.94 bits per heavy atom. The fourth-order valence-corrected chi connectivity index (χ4v) is 2.39. The Morgan fingerprint density at radius 1 is 1.24 bits per heavy atom. The van der Waals surface area contributed by atoms with E-state index in [0.717, 1.165) is 26.2 Å². The number of aromatic nitrogens is 1. The van der Waals surface area contributed by atoms with Crippen LogP contribution in [-0.2, 0) is 0 Å². The van der Waals surface area contributed by atoms with Crippen LogP contribution in [0.5, 0.6) is 0 Å². The number of nitrogens with zero attached hydrogens (tertiary/aromatic N) is 3. The molecular weight excluding hydrogens is 230 g/mol. The summed E-state index contributed by atoms with van der Waals surface area (Å²) in [5.41, 5.74) is 2.44. The van der Waals surface area contributed by atoms with Gasteiger partial charge in [0, 0.05) is 31.4 Å². The van der Waals surface area contributed by atoms with Crippen LogP contribution in [0, 0.1) is 0 Å². The molecule has 0 saturated carbocycles. The molecule has 0 aliphatic carbocycles. The molecule has 94 valence electrons. The van der Waals surface area contributed by atoms with Crippen LogP contribution in [0.1, 0.15) is 17.9 Å². The van der Waals surface area contributed by atoms with E-state index < -0.39 is 0 Å². The molecule has 0 bridgehead atoms. The van der Waals surface area contributed by atoms with E-state index in [1.165, 1.54) is 11.4 Å². The molecule has 0 aromatic carbocycles. The smallest absolute Gasteiger partial charge is 0.0553 e. The molecule has 4 heteroatoms. The number of anilines is 1. The van der Waals surface area contributed by atoms with Crippen LogP contribution in [0.25, 0.3) is 0 Å². The third-order valence-corrected chi connectivity index (χ3v) is 4.36. The Morgan fingerprint density at radius 3 is 2.47 bits per heavy atom. The molecule has 1 atom stereocenters. The lowest BCUT2D eigenvalue weighted by Gasteiger charge is -2.33. The quantitative estimate of drug-likeness (QED) is 0.820. The number of thioether (sulfide) groups is 1. The van der Waals surface area contributed by atoms with Gasteiger partial charge in [-0.3, -0.25) is 4.98 Å². The molecule has 1 fully saturated rings. The molecule has 2 heterocycles. The molecular formula is C13H21N3S. The minimum absolute atomic E-state index is 0.483. The summed E-state index contributed by atoms with van der Waals surface area (Å²) in [6, 6.07) is 4.37. The van der Waals surface area contributed by atoms with Crippen LogP contribution in [0.2, 0.25) is 0 Å². The number of pyridine rings is 1. The second kappa shape index (κ2) is 5.74. The largest absolute Gasteiger partial charge is 0.368 e. The second-order valence-corrected chi connectivity index (χ2v) is 5.79. The SMILES string of the molecule is CSC(C)c1ccc(N2CCN(C)CC2)cn1. The topological polar surface area (TPSA) is 19.4 Å². The molecule has 1 aliphatic rings. The van der Waals surface area contributed by atoms with Gasteiger partial charge >= 0.3 is 0 Å². The number of hydrogen-bond donors (Lipinski definition) is 0. The minimum atomic E-state index is 0.483. The van der Waals surface area contributed by atoms with Gasteiger partial charge in [0.05, 0.1) is 17.6 Å². The predicted molar refractivity (Wildman–Crippen MR) is 75.9 cm³/mol. The molecule has 17 heavy (non-hydrogen) atoms. The molecule has 0 spiro atoms. The number of rotatable bonds is 3. The summed E-state index contributed by atoms with van der Waals surface area (Å²) in [5, 5.41) is 0.483. The minimum Gasteiger partial charge on any atom is -0.368 e. The average molecular weight is 251 g/mol. The van der Waals surface area contributed by atoms with Gasteiger partial charge in [0.1, 0.15) is 0 Å². The molecule has 0 radical (unpaired) electrons. The van der Waals surface area contributed by atoms with E-state index >= 15 is 0 Å². The summed E-state index contributed by atoms with van der Waals surface area (Å²) in [6.07, 6.45) is 4.15. The van der Waals surface area contributed by atoms with Crippen molar-refractivity contribution in [3.05, 3.63) is 24.0 Å². The normalized spacial score (nSPS) is 19.4. The fraction of sp³-hybridized carbons (Fsp3) is 0.615. The zero-order valence-electron chi connectivity index (χ0n) is 10.9. The van der Waals surface area contributed by atoms with Crippen LogP contribution < -0.4 is 4.90 Å². The molecule has 0 N–H and O–H groups in total. The van der Waals surface area contributed by atoms with Gasteiger partial charge in [0.2, 0.25) is 0 Å². The van der Waals surface area contributed by atoms with Crippen molar-refractivity contribution in [1.29, 1.82) is 0 Å². The van der Waals surface area contributed by atoms with Crippen molar-refractivity contribution in [2.24, 2.45) is 0 Å². The van der Waals surface area contributed by atoms with Gasteiger partial charge in [-0.25, -0.2) is 0 Å². The van der Waals surface area contributed by atoms with Gasteiger partial charge in [-0.2, -0.15) is 11.8 Å². The summed E-state index contributed by atoms with van der Waals surface area (Å²) in [4.78, 5) is 9.35. The lowest BCUT2D eigenvalue weighted by atomic mass is 10.2. The molecule has 1 saturated heterocycles. The van der Waals surface area contributed by atoms with Crippen LogP contribution in [0.4, 0.5) is 5.69 Å². The molecule has 1 aliphatic heterocycles. The molecule has 1 unspecified atom stereocenters. The maximum atomic E-state index is 4.57. The van der Waals surface area contributed by atoms with Crippen LogP contribution in [0.3, 0.4) is 0 Å². The van der Waals surface area contributed by atoms with Gasteiger partial charge in [-0.05, 0) is 32.4 Å². The zero-order valence-corrected chi connectivity index (χ0v) is 11.7. The van der Waals surface area contributed by atoms with E-state index in [9.17, 15) is 0 Å². The molecule has 0 amide bonds. The lowest BCUT2D eigenvalue weighted by Crippen LogP contribution is -2.44. The Hall–Kier alpha value is -0.740. The highest BCUT2D eigenvalue weighted by atomic mass is 32.2. The van der Waals surface area contributed by atoms with Crippen molar-refractivity contribution in [2.45, 2.75) is 12.2 Å². The number of likely N-dealkylation sites (N-methyl/N-ethyl adjacent to an activating group) is 1. The molecule has 3 nitrogen and oxygen atoms in total. The Labute approximate surface area is 108 Å². The maximum Gasteiger partial charge on any atom is 0.0553 e. The summed E-state index contributed by atoms with van der Waals surface area (Å²) < 4.78 is 0. The third kappa shape index (κ3) is 3.13. The zero-order chi connectivity index (χ0) is 12.3. The van der Waals surface area contributed by atoms with E-state index in [1.54, 1.807) is 0 Å². The highest BCUT2D eigenvalue weighted by Gasteiger charge is 2.14. The van der Waals surface area contributed by atoms with Gasteiger partial charge in [-0.15, -0.1) is 0 Å². The molecule has 1 aromatic heterocycles. The first-order chi connectivity index (χ1) is 8.20.